The number of aromatic carboxylic acids is 1. The van der Waals surface area contributed by atoms with Gasteiger partial charge in [0.2, 0.25) is 5.91 Å². The predicted octanol–water partition coefficient (Wildman–Crippen LogP) is 1.08. The quantitative estimate of drug-likeness (QED) is 0.725. The summed E-state index contributed by atoms with van der Waals surface area (Å²) in [6.45, 7) is 0. The standard InChI is InChI=1S/C18H15N3O4/c19-10-12-3-5-13(6-4-12)17(23)21-15(16(20)22)9-11-1-7-14(8-2-11)18(24)25/h1-8,15H,9H2,(H2,20,22)(H,21,23)(H,24,25)/t15-/m0/s1. The van der Waals surface area contributed by atoms with Gasteiger partial charge < -0.3 is 16.2 Å². The van der Waals surface area contributed by atoms with E-state index in [9.17, 15) is 14.4 Å². The first-order valence-corrected chi connectivity index (χ1v) is 7.33. The molecular formula is C18H15N3O4. The van der Waals surface area contributed by atoms with E-state index in [4.69, 9.17) is 16.1 Å². The molecule has 0 fully saturated rings. The van der Waals surface area contributed by atoms with Crippen LogP contribution in [0.4, 0.5) is 0 Å². The van der Waals surface area contributed by atoms with E-state index in [1.165, 1.54) is 36.4 Å². The van der Waals surface area contributed by atoms with Gasteiger partial charge in [0.1, 0.15) is 6.04 Å². The summed E-state index contributed by atoms with van der Waals surface area (Å²) in [6.07, 6.45) is 0.136. The molecule has 0 unspecified atom stereocenters. The van der Waals surface area contributed by atoms with Crippen LogP contribution in [-0.2, 0) is 11.2 Å². The third-order valence-electron chi connectivity index (χ3n) is 3.57. The number of hydrogen-bond donors (Lipinski definition) is 3. The van der Waals surface area contributed by atoms with Gasteiger partial charge in [-0.1, -0.05) is 12.1 Å². The number of nitrogens with zero attached hydrogens (tertiary/aromatic N) is 1. The number of primary amides is 1. The smallest absolute Gasteiger partial charge is 0.335 e. The van der Waals surface area contributed by atoms with E-state index >= 15 is 0 Å². The molecule has 2 amide bonds. The summed E-state index contributed by atoms with van der Waals surface area (Å²) in [7, 11) is 0. The molecule has 2 aromatic carbocycles. The zero-order valence-corrected chi connectivity index (χ0v) is 13.1. The molecule has 7 heteroatoms. The normalized spacial score (nSPS) is 11.2. The maximum absolute atomic E-state index is 12.2. The van der Waals surface area contributed by atoms with E-state index in [0.717, 1.165) is 0 Å². The average Bonchev–Trinajstić information content (AvgIpc) is 2.61. The second-order valence-electron chi connectivity index (χ2n) is 5.32. The lowest BCUT2D eigenvalue weighted by Crippen LogP contribution is -2.45. The van der Waals surface area contributed by atoms with Crippen LogP contribution in [0.1, 0.15) is 31.8 Å². The summed E-state index contributed by atoms with van der Waals surface area (Å²) in [6, 6.07) is 12.9. The molecule has 0 radical (unpaired) electrons. The van der Waals surface area contributed by atoms with Crippen LogP contribution in [0.5, 0.6) is 0 Å². The van der Waals surface area contributed by atoms with Crippen LogP contribution in [0.3, 0.4) is 0 Å². The van der Waals surface area contributed by atoms with Crippen molar-refractivity contribution in [3.05, 3.63) is 70.8 Å². The van der Waals surface area contributed by atoms with E-state index in [-0.39, 0.29) is 12.0 Å². The van der Waals surface area contributed by atoms with Crippen LogP contribution in [-0.4, -0.2) is 28.9 Å². The Morgan fingerprint density at radius 1 is 1.04 bits per heavy atom. The summed E-state index contributed by atoms with van der Waals surface area (Å²) in [5.41, 5.74) is 6.85. The summed E-state index contributed by atoms with van der Waals surface area (Å²) in [5.74, 6) is -2.24. The SMILES string of the molecule is N#Cc1ccc(C(=O)N[C@@H](Cc2ccc(C(=O)O)cc2)C(N)=O)cc1. The van der Waals surface area contributed by atoms with Crippen molar-refractivity contribution in [1.82, 2.24) is 5.32 Å². The lowest BCUT2D eigenvalue weighted by Gasteiger charge is -2.16. The molecule has 2 rings (SSSR count). The van der Waals surface area contributed by atoms with E-state index < -0.39 is 23.8 Å². The Morgan fingerprint density at radius 3 is 2.08 bits per heavy atom. The topological polar surface area (TPSA) is 133 Å². The lowest BCUT2D eigenvalue weighted by molar-refractivity contribution is -0.119. The van der Waals surface area contributed by atoms with E-state index in [1.54, 1.807) is 12.1 Å². The summed E-state index contributed by atoms with van der Waals surface area (Å²) < 4.78 is 0. The highest BCUT2D eigenvalue weighted by Gasteiger charge is 2.19. The molecule has 0 aliphatic carbocycles. The second kappa shape index (κ2) is 7.75. The fraction of sp³-hybridized carbons (Fsp3) is 0.111. The molecule has 0 bridgehead atoms. The van der Waals surface area contributed by atoms with Crippen LogP contribution >= 0.6 is 0 Å². The van der Waals surface area contributed by atoms with Crippen molar-refractivity contribution in [1.29, 1.82) is 5.26 Å². The molecular weight excluding hydrogens is 322 g/mol. The van der Waals surface area contributed by atoms with Crippen molar-refractivity contribution >= 4 is 17.8 Å². The molecule has 7 nitrogen and oxygen atoms in total. The molecule has 0 saturated heterocycles. The number of nitrogens with two attached hydrogens (primary N) is 1. The fourth-order valence-electron chi connectivity index (χ4n) is 2.18. The molecule has 0 spiro atoms. The van der Waals surface area contributed by atoms with Crippen LogP contribution in [0, 0.1) is 11.3 Å². The Bertz CT molecular complexity index is 836. The molecule has 0 aliphatic heterocycles. The highest BCUT2D eigenvalue weighted by atomic mass is 16.4. The number of rotatable bonds is 6. The van der Waals surface area contributed by atoms with Crippen molar-refractivity contribution < 1.29 is 19.5 Å². The number of carboxylic acid groups (broad SMARTS) is 1. The zero-order chi connectivity index (χ0) is 18.4. The minimum atomic E-state index is -1.05. The third kappa shape index (κ3) is 4.65. The molecule has 4 N–H and O–H groups in total. The monoisotopic (exact) mass is 337 g/mol. The van der Waals surface area contributed by atoms with Crippen LogP contribution < -0.4 is 11.1 Å². The molecule has 0 heterocycles. The summed E-state index contributed by atoms with van der Waals surface area (Å²) in [5, 5.41) is 20.2. The van der Waals surface area contributed by atoms with Gasteiger partial charge >= 0.3 is 5.97 Å². The van der Waals surface area contributed by atoms with Crippen LogP contribution in [0.15, 0.2) is 48.5 Å². The molecule has 1 atom stereocenters. The number of carbonyl (C=O) groups excluding carboxylic acids is 2. The van der Waals surface area contributed by atoms with Gasteiger partial charge in [0.25, 0.3) is 5.91 Å². The van der Waals surface area contributed by atoms with Crippen LogP contribution in [0.2, 0.25) is 0 Å². The van der Waals surface area contributed by atoms with Gasteiger partial charge in [-0.15, -0.1) is 0 Å². The van der Waals surface area contributed by atoms with Crippen LogP contribution in [0.25, 0.3) is 0 Å². The van der Waals surface area contributed by atoms with Gasteiger partial charge in [0.05, 0.1) is 17.2 Å². The minimum Gasteiger partial charge on any atom is -0.478 e. The lowest BCUT2D eigenvalue weighted by atomic mass is 10.0. The first-order valence-electron chi connectivity index (χ1n) is 7.33. The van der Waals surface area contributed by atoms with E-state index in [0.29, 0.717) is 16.7 Å². The number of hydrogen-bond acceptors (Lipinski definition) is 4. The van der Waals surface area contributed by atoms with Gasteiger partial charge in [-0.05, 0) is 42.0 Å². The number of carboxylic acids is 1. The van der Waals surface area contributed by atoms with Gasteiger partial charge in [0, 0.05) is 12.0 Å². The molecule has 25 heavy (non-hydrogen) atoms. The Labute approximate surface area is 143 Å². The minimum absolute atomic E-state index is 0.126. The maximum atomic E-state index is 12.2. The largest absolute Gasteiger partial charge is 0.478 e. The van der Waals surface area contributed by atoms with Crippen molar-refractivity contribution in [2.24, 2.45) is 5.73 Å². The van der Waals surface area contributed by atoms with Crippen molar-refractivity contribution in [3.8, 4) is 6.07 Å². The molecule has 126 valence electrons. The van der Waals surface area contributed by atoms with Crippen molar-refractivity contribution in [2.75, 3.05) is 0 Å². The number of nitrogens with one attached hydrogen (secondary N) is 1. The maximum Gasteiger partial charge on any atom is 0.335 e. The molecule has 0 aromatic heterocycles. The number of amides is 2. The predicted molar refractivity (Wildman–Crippen MR) is 88.7 cm³/mol. The summed E-state index contributed by atoms with van der Waals surface area (Å²) >= 11 is 0. The Morgan fingerprint density at radius 2 is 1.60 bits per heavy atom. The van der Waals surface area contributed by atoms with E-state index in [1.807, 2.05) is 6.07 Å². The second-order valence-corrected chi connectivity index (χ2v) is 5.32. The first kappa shape index (κ1) is 17.7. The van der Waals surface area contributed by atoms with Gasteiger partial charge in [-0.3, -0.25) is 9.59 Å². The highest BCUT2D eigenvalue weighted by molar-refractivity contribution is 5.97. The van der Waals surface area contributed by atoms with Gasteiger partial charge in [-0.2, -0.15) is 5.26 Å². The van der Waals surface area contributed by atoms with E-state index in [2.05, 4.69) is 5.32 Å². The average molecular weight is 337 g/mol. The van der Waals surface area contributed by atoms with Gasteiger partial charge in [0.15, 0.2) is 0 Å². The Hall–Kier alpha value is -3.66. The Kier molecular flexibility index (Phi) is 5.48. The molecule has 0 aliphatic rings. The third-order valence-corrected chi connectivity index (χ3v) is 3.57. The summed E-state index contributed by atoms with van der Waals surface area (Å²) in [4.78, 5) is 34.7. The number of carbonyl (C=O) groups is 3. The zero-order valence-electron chi connectivity index (χ0n) is 13.1. The first-order chi connectivity index (χ1) is 11.9. The number of benzene rings is 2. The number of nitriles is 1. The Balaban J connectivity index is 2.09. The molecule has 0 saturated carbocycles. The van der Waals surface area contributed by atoms with Crippen molar-refractivity contribution in [2.45, 2.75) is 12.5 Å². The molecule has 2 aromatic rings. The van der Waals surface area contributed by atoms with Crippen molar-refractivity contribution in [3.63, 3.8) is 0 Å². The van der Waals surface area contributed by atoms with Gasteiger partial charge in [-0.25, -0.2) is 4.79 Å². The fourth-order valence-corrected chi connectivity index (χ4v) is 2.18. The highest BCUT2D eigenvalue weighted by Crippen LogP contribution is 2.09.